The van der Waals surface area contributed by atoms with Crippen LogP contribution in [0.1, 0.15) is 34.1 Å². The second-order valence-electron chi connectivity index (χ2n) is 6.11. The van der Waals surface area contributed by atoms with E-state index < -0.39 is 15.8 Å². The molecule has 0 N–H and O–H groups in total. The average molecular weight is 390 g/mol. The van der Waals surface area contributed by atoms with Crippen molar-refractivity contribution in [1.82, 2.24) is 0 Å². The highest BCUT2D eigenvalue weighted by Gasteiger charge is 2.29. The van der Waals surface area contributed by atoms with Crippen molar-refractivity contribution in [1.29, 1.82) is 0 Å². The van der Waals surface area contributed by atoms with E-state index in [1.165, 1.54) is 18.7 Å². The third kappa shape index (κ3) is 4.53. The van der Waals surface area contributed by atoms with Gasteiger partial charge in [0.2, 0.25) is 0 Å². The van der Waals surface area contributed by atoms with Gasteiger partial charge in [-0.2, -0.15) is 0 Å². The maximum absolute atomic E-state index is 12.5. The molecule has 136 valence electrons. The molecule has 0 saturated carbocycles. The summed E-state index contributed by atoms with van der Waals surface area (Å²) in [6.45, 7) is 1.47. The molecule has 0 amide bonds. The minimum Gasteiger partial charge on any atom is -0.423 e. The van der Waals surface area contributed by atoms with E-state index in [4.69, 9.17) is 4.74 Å². The van der Waals surface area contributed by atoms with Crippen molar-refractivity contribution in [2.45, 2.75) is 23.5 Å². The largest absolute Gasteiger partial charge is 0.423 e. The van der Waals surface area contributed by atoms with E-state index in [0.29, 0.717) is 28.2 Å². The first-order chi connectivity index (χ1) is 12.3. The van der Waals surface area contributed by atoms with Gasteiger partial charge in [0.1, 0.15) is 5.75 Å². The molecule has 1 saturated heterocycles. The lowest BCUT2D eigenvalue weighted by Crippen LogP contribution is -2.12. The van der Waals surface area contributed by atoms with E-state index in [0.717, 1.165) is 0 Å². The third-order valence-corrected chi connectivity index (χ3v) is 7.39. The lowest BCUT2D eigenvalue weighted by molar-refractivity contribution is 0.0731. The molecule has 0 radical (unpaired) electrons. The minimum atomic E-state index is -2.97. The van der Waals surface area contributed by atoms with Gasteiger partial charge in [-0.1, -0.05) is 12.1 Å². The number of carbonyl (C=O) groups is 2. The minimum absolute atomic E-state index is 0.0520. The summed E-state index contributed by atoms with van der Waals surface area (Å²) < 4.78 is 28.7. The van der Waals surface area contributed by atoms with Gasteiger partial charge in [0.25, 0.3) is 0 Å². The second kappa shape index (κ2) is 7.63. The molecular formula is C19H18O5S2. The number of carbonyl (C=O) groups excluding carboxylic acids is 2. The van der Waals surface area contributed by atoms with Crippen LogP contribution in [0, 0.1) is 0 Å². The summed E-state index contributed by atoms with van der Waals surface area (Å²) in [7, 11) is -2.97. The quantitative estimate of drug-likeness (QED) is 0.442. The zero-order valence-corrected chi connectivity index (χ0v) is 15.8. The van der Waals surface area contributed by atoms with Gasteiger partial charge in [0, 0.05) is 15.7 Å². The summed E-state index contributed by atoms with van der Waals surface area (Å²) in [5, 5.41) is -0.0520. The van der Waals surface area contributed by atoms with Crippen LogP contribution in [0.25, 0.3) is 0 Å². The molecule has 1 aliphatic heterocycles. The maximum atomic E-state index is 12.5. The molecule has 1 aliphatic rings. The lowest BCUT2D eigenvalue weighted by atomic mass is 10.1. The molecule has 3 rings (SSSR count). The summed E-state index contributed by atoms with van der Waals surface area (Å²) in [4.78, 5) is 24.5. The number of thioether (sulfide) groups is 1. The van der Waals surface area contributed by atoms with E-state index in [-0.39, 0.29) is 22.5 Å². The molecule has 2 aromatic carbocycles. The molecule has 1 atom stereocenters. The van der Waals surface area contributed by atoms with E-state index in [1.54, 1.807) is 42.5 Å². The molecule has 1 fully saturated rings. The lowest BCUT2D eigenvalue weighted by Gasteiger charge is -2.12. The zero-order valence-electron chi connectivity index (χ0n) is 14.2. The van der Waals surface area contributed by atoms with E-state index in [2.05, 4.69) is 0 Å². The fourth-order valence-corrected chi connectivity index (χ4v) is 6.31. The molecular weight excluding hydrogens is 372 g/mol. The van der Waals surface area contributed by atoms with Gasteiger partial charge in [-0.15, -0.1) is 11.8 Å². The smallest absolute Gasteiger partial charge is 0.344 e. The van der Waals surface area contributed by atoms with Crippen LogP contribution >= 0.6 is 11.8 Å². The number of hydrogen-bond donors (Lipinski definition) is 0. The van der Waals surface area contributed by atoms with Gasteiger partial charge in [0.15, 0.2) is 15.6 Å². The van der Waals surface area contributed by atoms with Gasteiger partial charge in [-0.3, -0.25) is 4.79 Å². The Labute approximate surface area is 156 Å². The molecule has 0 aromatic heterocycles. The topological polar surface area (TPSA) is 77.5 Å². The Morgan fingerprint density at radius 3 is 2.38 bits per heavy atom. The van der Waals surface area contributed by atoms with Crippen LogP contribution in [0.3, 0.4) is 0 Å². The standard InChI is InChI=1S/C19H18O5S2/c1-13(20)14-6-8-15(9-7-14)24-19(21)17-4-2-3-5-18(17)25-16-10-11-26(22,23)12-16/h2-9,16H,10-12H2,1H3/t16-/m0/s1. The fourth-order valence-electron chi connectivity index (χ4n) is 2.69. The SMILES string of the molecule is CC(=O)c1ccc(OC(=O)c2ccccc2S[C@H]2CCS(=O)(=O)C2)cc1. The first-order valence-corrected chi connectivity index (χ1v) is 10.8. The van der Waals surface area contributed by atoms with Gasteiger partial charge >= 0.3 is 5.97 Å². The summed E-state index contributed by atoms with van der Waals surface area (Å²) in [5.74, 6) is 0.108. The first-order valence-electron chi connectivity index (χ1n) is 8.13. The number of hydrogen-bond acceptors (Lipinski definition) is 6. The Balaban J connectivity index is 1.74. The van der Waals surface area contributed by atoms with Gasteiger partial charge in [-0.25, -0.2) is 13.2 Å². The average Bonchev–Trinajstić information content (AvgIpc) is 2.94. The number of sulfone groups is 1. The second-order valence-corrected chi connectivity index (χ2v) is 9.68. The highest BCUT2D eigenvalue weighted by molar-refractivity contribution is 8.02. The molecule has 1 heterocycles. The molecule has 26 heavy (non-hydrogen) atoms. The highest BCUT2D eigenvalue weighted by atomic mass is 32.2. The molecule has 0 spiro atoms. The Morgan fingerprint density at radius 2 is 1.77 bits per heavy atom. The number of Topliss-reactive ketones (excluding diaryl/α,β-unsaturated/α-hetero) is 1. The molecule has 2 aromatic rings. The number of benzene rings is 2. The molecule has 0 bridgehead atoms. The van der Waals surface area contributed by atoms with Crippen LogP contribution in [0.15, 0.2) is 53.4 Å². The van der Waals surface area contributed by atoms with Crippen molar-refractivity contribution in [3.63, 3.8) is 0 Å². The molecule has 0 unspecified atom stereocenters. The highest BCUT2D eigenvalue weighted by Crippen LogP contribution is 2.33. The normalized spacial score (nSPS) is 18.4. The van der Waals surface area contributed by atoms with Crippen LogP contribution < -0.4 is 4.74 Å². The van der Waals surface area contributed by atoms with Crippen molar-refractivity contribution in [2.24, 2.45) is 0 Å². The van der Waals surface area contributed by atoms with Crippen molar-refractivity contribution >= 4 is 33.4 Å². The van der Waals surface area contributed by atoms with Gasteiger partial charge < -0.3 is 4.74 Å². The van der Waals surface area contributed by atoms with Crippen molar-refractivity contribution in [3.8, 4) is 5.75 Å². The predicted molar refractivity (Wildman–Crippen MR) is 101 cm³/mol. The van der Waals surface area contributed by atoms with E-state index >= 15 is 0 Å². The van der Waals surface area contributed by atoms with E-state index in [9.17, 15) is 18.0 Å². The maximum Gasteiger partial charge on any atom is 0.344 e. The van der Waals surface area contributed by atoms with Gasteiger partial charge in [-0.05, 0) is 49.7 Å². The van der Waals surface area contributed by atoms with Crippen LogP contribution in [0.2, 0.25) is 0 Å². The summed E-state index contributed by atoms with van der Waals surface area (Å²) in [6, 6.07) is 13.4. The van der Waals surface area contributed by atoms with Crippen LogP contribution in [0.4, 0.5) is 0 Å². The fraction of sp³-hybridized carbons (Fsp3) is 0.263. The van der Waals surface area contributed by atoms with Crippen molar-refractivity contribution in [2.75, 3.05) is 11.5 Å². The van der Waals surface area contributed by atoms with Crippen molar-refractivity contribution < 1.29 is 22.7 Å². The van der Waals surface area contributed by atoms with Crippen LogP contribution in [-0.4, -0.2) is 36.9 Å². The monoisotopic (exact) mass is 390 g/mol. The van der Waals surface area contributed by atoms with Gasteiger partial charge in [0.05, 0.1) is 17.1 Å². The molecule has 0 aliphatic carbocycles. The Hall–Kier alpha value is -2.12. The van der Waals surface area contributed by atoms with Crippen LogP contribution in [-0.2, 0) is 9.84 Å². The summed E-state index contributed by atoms with van der Waals surface area (Å²) in [6.07, 6.45) is 0.586. The first kappa shape index (κ1) is 18.7. The van der Waals surface area contributed by atoms with Crippen LogP contribution in [0.5, 0.6) is 5.75 Å². The molecule has 7 heteroatoms. The van der Waals surface area contributed by atoms with E-state index in [1.807, 2.05) is 6.07 Å². The Bertz CT molecular complexity index is 933. The Morgan fingerprint density at radius 1 is 1.08 bits per heavy atom. The zero-order chi connectivity index (χ0) is 18.7. The number of esters is 1. The van der Waals surface area contributed by atoms with Crippen molar-refractivity contribution in [3.05, 3.63) is 59.7 Å². The predicted octanol–water partition coefficient (Wildman–Crippen LogP) is 3.39. The number of ketones is 1. The number of rotatable bonds is 5. The third-order valence-electron chi connectivity index (χ3n) is 4.06. The Kier molecular flexibility index (Phi) is 5.48. The summed E-state index contributed by atoms with van der Waals surface area (Å²) in [5.41, 5.74) is 0.945. The summed E-state index contributed by atoms with van der Waals surface area (Å²) >= 11 is 1.40. The number of ether oxygens (including phenoxy) is 1. The molecule has 5 nitrogen and oxygen atoms in total.